The molecule has 1 heterocycles. The number of rotatable bonds is 4. The van der Waals surface area contributed by atoms with Crippen molar-refractivity contribution in [2.75, 3.05) is 39.5 Å². The summed E-state index contributed by atoms with van der Waals surface area (Å²) in [4.78, 5) is 2.17. The molecule has 0 aromatic rings. The van der Waals surface area contributed by atoms with E-state index in [0.29, 0.717) is 5.25 Å². The van der Waals surface area contributed by atoms with Gasteiger partial charge in [0.25, 0.3) is 0 Å². The Bertz CT molecular complexity index is 132. The standard InChI is InChI=1S/C8H18N2OS/c1-10(2)3-4-12-8-6-9-5-7(8)11/h7-9,11H,3-6H2,1-2H3. The summed E-state index contributed by atoms with van der Waals surface area (Å²) < 4.78 is 0. The molecule has 1 rings (SSSR count). The summed E-state index contributed by atoms with van der Waals surface area (Å²) in [7, 11) is 4.15. The minimum absolute atomic E-state index is 0.142. The zero-order chi connectivity index (χ0) is 8.97. The zero-order valence-corrected chi connectivity index (χ0v) is 8.60. The molecular formula is C8H18N2OS. The molecule has 0 aromatic carbocycles. The molecule has 1 aliphatic rings. The second-order valence-corrected chi connectivity index (χ2v) is 4.79. The quantitative estimate of drug-likeness (QED) is 0.633. The van der Waals surface area contributed by atoms with Crippen LogP contribution in [0, 0.1) is 0 Å². The summed E-state index contributed by atoms with van der Waals surface area (Å²) in [6.07, 6.45) is -0.142. The SMILES string of the molecule is CN(C)CCSC1CNCC1O. The summed E-state index contributed by atoms with van der Waals surface area (Å²) in [5, 5.41) is 13.0. The fourth-order valence-electron chi connectivity index (χ4n) is 1.20. The Morgan fingerprint density at radius 3 is 2.75 bits per heavy atom. The number of aliphatic hydroxyl groups excluding tert-OH is 1. The van der Waals surface area contributed by atoms with Gasteiger partial charge in [-0.3, -0.25) is 0 Å². The number of nitrogens with one attached hydrogen (secondary N) is 1. The van der Waals surface area contributed by atoms with Crippen molar-refractivity contribution in [1.82, 2.24) is 10.2 Å². The highest BCUT2D eigenvalue weighted by Crippen LogP contribution is 2.17. The third kappa shape index (κ3) is 3.31. The van der Waals surface area contributed by atoms with Crippen molar-refractivity contribution in [2.24, 2.45) is 0 Å². The number of hydrogen-bond donors (Lipinski definition) is 2. The molecule has 72 valence electrons. The summed E-state index contributed by atoms with van der Waals surface area (Å²) in [6, 6.07) is 0. The molecule has 0 amide bonds. The fourth-order valence-corrected chi connectivity index (χ4v) is 2.52. The normalized spacial score (nSPS) is 30.0. The monoisotopic (exact) mass is 190 g/mol. The van der Waals surface area contributed by atoms with Gasteiger partial charge in [-0.15, -0.1) is 0 Å². The van der Waals surface area contributed by atoms with Crippen molar-refractivity contribution < 1.29 is 5.11 Å². The molecule has 4 heteroatoms. The first kappa shape index (κ1) is 10.3. The Hall–Kier alpha value is 0.230. The second-order valence-electron chi connectivity index (χ2n) is 3.44. The minimum atomic E-state index is -0.142. The van der Waals surface area contributed by atoms with E-state index in [0.717, 1.165) is 25.4 Å². The Kier molecular flexibility index (Phi) is 4.35. The van der Waals surface area contributed by atoms with Gasteiger partial charge >= 0.3 is 0 Å². The van der Waals surface area contributed by atoms with Gasteiger partial charge in [0.2, 0.25) is 0 Å². The predicted octanol–water partition coefficient (Wildman–Crippen LogP) is -0.386. The van der Waals surface area contributed by atoms with E-state index >= 15 is 0 Å². The molecule has 1 fully saturated rings. The summed E-state index contributed by atoms with van der Waals surface area (Å²) in [5.74, 6) is 1.11. The van der Waals surface area contributed by atoms with E-state index < -0.39 is 0 Å². The van der Waals surface area contributed by atoms with Crippen LogP contribution in [-0.4, -0.2) is 60.8 Å². The summed E-state index contributed by atoms with van der Waals surface area (Å²) >= 11 is 1.87. The predicted molar refractivity (Wildman–Crippen MR) is 53.7 cm³/mol. The summed E-state index contributed by atoms with van der Waals surface area (Å²) in [6.45, 7) is 2.81. The van der Waals surface area contributed by atoms with Crippen LogP contribution in [0.5, 0.6) is 0 Å². The molecule has 0 aliphatic carbocycles. The topological polar surface area (TPSA) is 35.5 Å². The largest absolute Gasteiger partial charge is 0.391 e. The lowest BCUT2D eigenvalue weighted by Gasteiger charge is -2.14. The van der Waals surface area contributed by atoms with Gasteiger partial charge in [0.15, 0.2) is 0 Å². The number of thioether (sulfide) groups is 1. The number of β-amino-alcohol motifs (C(OH)–C–C–N with tert-alkyl or cyclic N) is 1. The highest BCUT2D eigenvalue weighted by Gasteiger charge is 2.24. The van der Waals surface area contributed by atoms with E-state index in [1.807, 2.05) is 11.8 Å². The van der Waals surface area contributed by atoms with Crippen molar-refractivity contribution in [3.8, 4) is 0 Å². The maximum absolute atomic E-state index is 9.46. The van der Waals surface area contributed by atoms with Crippen LogP contribution in [0.25, 0.3) is 0 Å². The Morgan fingerprint density at radius 1 is 1.50 bits per heavy atom. The lowest BCUT2D eigenvalue weighted by molar-refractivity contribution is 0.201. The second kappa shape index (κ2) is 5.07. The number of nitrogens with zero attached hydrogens (tertiary/aromatic N) is 1. The van der Waals surface area contributed by atoms with E-state index in [4.69, 9.17) is 0 Å². The van der Waals surface area contributed by atoms with Crippen LogP contribution in [0.4, 0.5) is 0 Å². The van der Waals surface area contributed by atoms with Crippen LogP contribution in [-0.2, 0) is 0 Å². The summed E-state index contributed by atoms with van der Waals surface area (Å²) in [5.41, 5.74) is 0. The molecule has 1 aliphatic heterocycles. The number of aliphatic hydroxyl groups is 1. The van der Waals surface area contributed by atoms with Crippen molar-refractivity contribution in [2.45, 2.75) is 11.4 Å². The van der Waals surface area contributed by atoms with Crippen LogP contribution in [0.1, 0.15) is 0 Å². The van der Waals surface area contributed by atoms with Gasteiger partial charge in [-0.05, 0) is 14.1 Å². The Balaban J connectivity index is 2.06. The van der Waals surface area contributed by atoms with Crippen molar-refractivity contribution in [1.29, 1.82) is 0 Å². The fraction of sp³-hybridized carbons (Fsp3) is 1.00. The van der Waals surface area contributed by atoms with E-state index in [1.54, 1.807) is 0 Å². The maximum Gasteiger partial charge on any atom is 0.0795 e. The third-order valence-electron chi connectivity index (χ3n) is 2.00. The van der Waals surface area contributed by atoms with Crippen molar-refractivity contribution in [3.05, 3.63) is 0 Å². The maximum atomic E-state index is 9.46. The van der Waals surface area contributed by atoms with E-state index in [-0.39, 0.29) is 6.10 Å². The van der Waals surface area contributed by atoms with Gasteiger partial charge in [-0.2, -0.15) is 11.8 Å². The van der Waals surface area contributed by atoms with Crippen LogP contribution in [0.3, 0.4) is 0 Å². The lowest BCUT2D eigenvalue weighted by atomic mass is 10.3. The van der Waals surface area contributed by atoms with E-state index in [2.05, 4.69) is 24.3 Å². The molecule has 3 nitrogen and oxygen atoms in total. The van der Waals surface area contributed by atoms with E-state index in [1.165, 1.54) is 0 Å². The molecule has 2 unspecified atom stereocenters. The van der Waals surface area contributed by atoms with Crippen LogP contribution >= 0.6 is 11.8 Å². The van der Waals surface area contributed by atoms with Crippen LogP contribution in [0.2, 0.25) is 0 Å². The highest BCUT2D eigenvalue weighted by atomic mass is 32.2. The minimum Gasteiger partial charge on any atom is -0.391 e. The van der Waals surface area contributed by atoms with Crippen LogP contribution < -0.4 is 5.32 Å². The van der Waals surface area contributed by atoms with Gasteiger partial charge in [-0.1, -0.05) is 0 Å². The first-order valence-corrected chi connectivity index (χ1v) is 5.40. The van der Waals surface area contributed by atoms with Gasteiger partial charge < -0.3 is 15.3 Å². The van der Waals surface area contributed by atoms with Crippen molar-refractivity contribution >= 4 is 11.8 Å². The van der Waals surface area contributed by atoms with Crippen LogP contribution in [0.15, 0.2) is 0 Å². The molecular weight excluding hydrogens is 172 g/mol. The zero-order valence-electron chi connectivity index (χ0n) is 7.79. The third-order valence-corrected chi connectivity index (χ3v) is 3.33. The molecule has 0 spiro atoms. The Labute approximate surface area is 78.5 Å². The van der Waals surface area contributed by atoms with Gasteiger partial charge in [-0.25, -0.2) is 0 Å². The van der Waals surface area contributed by atoms with E-state index in [9.17, 15) is 5.11 Å². The van der Waals surface area contributed by atoms with Gasteiger partial charge in [0, 0.05) is 30.6 Å². The van der Waals surface area contributed by atoms with Gasteiger partial charge in [0.1, 0.15) is 0 Å². The molecule has 2 N–H and O–H groups in total. The molecule has 0 bridgehead atoms. The Morgan fingerprint density at radius 2 is 2.25 bits per heavy atom. The van der Waals surface area contributed by atoms with Gasteiger partial charge in [0.05, 0.1) is 6.10 Å². The average molecular weight is 190 g/mol. The molecule has 0 radical (unpaired) electrons. The smallest absolute Gasteiger partial charge is 0.0795 e. The molecule has 12 heavy (non-hydrogen) atoms. The molecule has 0 aromatic heterocycles. The lowest BCUT2D eigenvalue weighted by Crippen LogP contribution is -2.23. The molecule has 1 saturated heterocycles. The highest BCUT2D eigenvalue weighted by molar-refractivity contribution is 8.00. The average Bonchev–Trinajstić information content (AvgIpc) is 2.36. The molecule has 2 atom stereocenters. The first-order chi connectivity index (χ1) is 5.70. The first-order valence-electron chi connectivity index (χ1n) is 4.35. The number of hydrogen-bond acceptors (Lipinski definition) is 4. The van der Waals surface area contributed by atoms with Crippen molar-refractivity contribution in [3.63, 3.8) is 0 Å². The molecule has 0 saturated carbocycles.